The van der Waals surface area contributed by atoms with Gasteiger partial charge in [-0.05, 0) is 39.0 Å². The summed E-state index contributed by atoms with van der Waals surface area (Å²) in [6.45, 7) is 6.10. The zero-order valence-electron chi connectivity index (χ0n) is 16.2. The molecule has 0 spiro atoms. The maximum atomic E-state index is 6.45. The summed E-state index contributed by atoms with van der Waals surface area (Å²) in [4.78, 5) is 17.8. The summed E-state index contributed by atoms with van der Waals surface area (Å²) >= 11 is 6.45. The Hall–Kier alpha value is -3.32. The molecule has 5 aromatic rings. The van der Waals surface area contributed by atoms with E-state index in [1.807, 2.05) is 47.4 Å². The number of benzene rings is 1. The highest BCUT2D eigenvalue weighted by atomic mass is 35.5. The second-order valence-corrected chi connectivity index (χ2v) is 7.52. The van der Waals surface area contributed by atoms with Crippen molar-refractivity contribution in [3.8, 4) is 5.82 Å². The lowest BCUT2D eigenvalue weighted by atomic mass is 10.1. The topological polar surface area (TPSA) is 74.3 Å². The quantitative estimate of drug-likeness (QED) is 0.445. The molecule has 7 nitrogen and oxygen atoms in total. The molecule has 4 heterocycles. The van der Waals surface area contributed by atoms with Crippen molar-refractivity contribution in [3.05, 3.63) is 71.2 Å². The molecule has 29 heavy (non-hydrogen) atoms. The highest BCUT2D eigenvalue weighted by Gasteiger charge is 2.21. The minimum atomic E-state index is -0.0790. The average molecular weight is 404 g/mol. The number of rotatable bonds is 3. The van der Waals surface area contributed by atoms with E-state index < -0.39 is 0 Å². The SMILES string of the molecule is Cc1cc(C)n(-c2nc3c(Cl)cccc3cc2[C@H](C)n2cnc3cncnc32)n1. The number of imidazole rings is 1. The first-order valence-electron chi connectivity index (χ1n) is 9.28. The van der Waals surface area contributed by atoms with Crippen LogP contribution in [0.3, 0.4) is 0 Å². The van der Waals surface area contributed by atoms with Crippen molar-refractivity contribution < 1.29 is 0 Å². The first-order chi connectivity index (χ1) is 14.0. The van der Waals surface area contributed by atoms with Crippen molar-refractivity contribution in [2.24, 2.45) is 0 Å². The maximum Gasteiger partial charge on any atom is 0.163 e. The van der Waals surface area contributed by atoms with Crippen LogP contribution < -0.4 is 0 Å². The van der Waals surface area contributed by atoms with Crippen molar-refractivity contribution in [2.75, 3.05) is 0 Å². The largest absolute Gasteiger partial charge is 0.308 e. The number of hydrogen-bond acceptors (Lipinski definition) is 5. The van der Waals surface area contributed by atoms with Crippen LogP contribution in [0.15, 0.2) is 49.2 Å². The first-order valence-corrected chi connectivity index (χ1v) is 9.66. The van der Waals surface area contributed by atoms with Crippen molar-refractivity contribution in [1.29, 1.82) is 0 Å². The van der Waals surface area contributed by atoms with Crippen molar-refractivity contribution in [3.63, 3.8) is 0 Å². The molecule has 1 aromatic carbocycles. The molecule has 8 heteroatoms. The third-order valence-electron chi connectivity index (χ3n) is 5.12. The van der Waals surface area contributed by atoms with E-state index in [-0.39, 0.29) is 6.04 Å². The molecule has 0 unspecified atom stereocenters. The van der Waals surface area contributed by atoms with Crippen LogP contribution in [0.5, 0.6) is 0 Å². The van der Waals surface area contributed by atoms with E-state index in [0.29, 0.717) is 5.02 Å². The monoisotopic (exact) mass is 403 g/mol. The van der Waals surface area contributed by atoms with Gasteiger partial charge in [0, 0.05) is 16.6 Å². The summed E-state index contributed by atoms with van der Waals surface area (Å²) in [6, 6.07) is 9.88. The summed E-state index contributed by atoms with van der Waals surface area (Å²) < 4.78 is 3.90. The zero-order valence-corrected chi connectivity index (χ0v) is 17.0. The second-order valence-electron chi connectivity index (χ2n) is 7.11. The number of pyridine rings is 1. The van der Waals surface area contributed by atoms with Gasteiger partial charge in [-0.25, -0.2) is 24.6 Å². The first kappa shape index (κ1) is 17.8. The van der Waals surface area contributed by atoms with Gasteiger partial charge in [-0.2, -0.15) is 5.10 Å². The Morgan fingerprint density at radius 3 is 2.76 bits per heavy atom. The fourth-order valence-corrected chi connectivity index (χ4v) is 3.93. The number of aromatic nitrogens is 7. The minimum absolute atomic E-state index is 0.0790. The number of para-hydroxylation sites is 1. The van der Waals surface area contributed by atoms with Gasteiger partial charge in [0.2, 0.25) is 0 Å². The van der Waals surface area contributed by atoms with Gasteiger partial charge < -0.3 is 4.57 Å². The highest BCUT2D eigenvalue weighted by Crippen LogP contribution is 2.31. The van der Waals surface area contributed by atoms with Crippen LogP contribution >= 0.6 is 11.6 Å². The molecule has 0 aliphatic heterocycles. The Balaban J connectivity index is 1.79. The van der Waals surface area contributed by atoms with E-state index in [1.165, 1.54) is 6.33 Å². The van der Waals surface area contributed by atoms with E-state index in [4.69, 9.17) is 16.6 Å². The molecule has 0 saturated carbocycles. The van der Waals surface area contributed by atoms with E-state index in [2.05, 4.69) is 33.0 Å². The summed E-state index contributed by atoms with van der Waals surface area (Å²) in [5, 5.41) is 6.26. The van der Waals surface area contributed by atoms with Crippen LogP contribution in [-0.4, -0.2) is 34.3 Å². The lowest BCUT2D eigenvalue weighted by molar-refractivity contribution is 0.638. The van der Waals surface area contributed by atoms with E-state index in [1.54, 1.807) is 12.5 Å². The fraction of sp³-hybridized carbons (Fsp3) is 0.190. The normalized spacial score (nSPS) is 12.7. The van der Waals surface area contributed by atoms with Crippen LogP contribution in [0.2, 0.25) is 5.02 Å². The van der Waals surface area contributed by atoms with Crippen LogP contribution in [0.4, 0.5) is 0 Å². The molecule has 0 amide bonds. The molecule has 0 fully saturated rings. The molecule has 0 aliphatic rings. The van der Waals surface area contributed by atoms with Gasteiger partial charge in [-0.3, -0.25) is 0 Å². The molecule has 144 valence electrons. The second kappa shape index (κ2) is 6.63. The smallest absolute Gasteiger partial charge is 0.163 e. The predicted octanol–water partition coefficient (Wildman–Crippen LogP) is 4.44. The summed E-state index contributed by atoms with van der Waals surface area (Å²) in [6.07, 6.45) is 5.04. The van der Waals surface area contributed by atoms with Crippen molar-refractivity contribution >= 4 is 33.7 Å². The van der Waals surface area contributed by atoms with Crippen molar-refractivity contribution in [2.45, 2.75) is 26.8 Å². The van der Waals surface area contributed by atoms with E-state index >= 15 is 0 Å². The highest BCUT2D eigenvalue weighted by molar-refractivity contribution is 6.35. The van der Waals surface area contributed by atoms with Crippen LogP contribution in [0.1, 0.15) is 29.9 Å². The van der Waals surface area contributed by atoms with Gasteiger partial charge in [0.15, 0.2) is 11.5 Å². The molecule has 0 bridgehead atoms. The third kappa shape index (κ3) is 2.86. The molecule has 0 saturated heterocycles. The van der Waals surface area contributed by atoms with Gasteiger partial charge in [0.1, 0.15) is 11.8 Å². The molecular formula is C21H18ClN7. The van der Waals surface area contributed by atoms with Crippen LogP contribution in [0, 0.1) is 13.8 Å². The van der Waals surface area contributed by atoms with Gasteiger partial charge in [0.25, 0.3) is 0 Å². The summed E-state index contributed by atoms with van der Waals surface area (Å²) in [7, 11) is 0. The molecule has 5 rings (SSSR count). The van der Waals surface area contributed by atoms with Gasteiger partial charge in [-0.1, -0.05) is 23.7 Å². The molecule has 0 aliphatic carbocycles. The average Bonchev–Trinajstić information content (AvgIpc) is 3.29. The lowest BCUT2D eigenvalue weighted by Crippen LogP contribution is -2.13. The number of aryl methyl sites for hydroxylation is 2. The number of fused-ring (bicyclic) bond motifs is 2. The number of halogens is 1. The van der Waals surface area contributed by atoms with E-state index in [9.17, 15) is 0 Å². The van der Waals surface area contributed by atoms with Gasteiger partial charge in [-0.15, -0.1) is 0 Å². The lowest BCUT2D eigenvalue weighted by Gasteiger charge is -2.19. The zero-order chi connectivity index (χ0) is 20.1. The third-order valence-corrected chi connectivity index (χ3v) is 5.43. The predicted molar refractivity (Wildman–Crippen MR) is 112 cm³/mol. The van der Waals surface area contributed by atoms with E-state index in [0.717, 1.165) is 44.8 Å². The molecule has 0 radical (unpaired) electrons. The Morgan fingerprint density at radius 2 is 1.97 bits per heavy atom. The molecule has 1 atom stereocenters. The number of hydrogen-bond donors (Lipinski definition) is 0. The number of nitrogens with zero attached hydrogens (tertiary/aromatic N) is 7. The van der Waals surface area contributed by atoms with Crippen molar-refractivity contribution in [1.82, 2.24) is 34.3 Å². The minimum Gasteiger partial charge on any atom is -0.308 e. The van der Waals surface area contributed by atoms with Crippen LogP contribution in [-0.2, 0) is 0 Å². The summed E-state index contributed by atoms with van der Waals surface area (Å²) in [5.74, 6) is 0.750. The Kier molecular flexibility index (Phi) is 4.06. The Bertz CT molecular complexity index is 1370. The molecular weight excluding hydrogens is 386 g/mol. The summed E-state index contributed by atoms with van der Waals surface area (Å²) in [5.41, 5.74) is 5.23. The Morgan fingerprint density at radius 1 is 1.10 bits per heavy atom. The standard InChI is InChI=1S/C21H18ClN7/c1-12-7-13(2)29(27-12)20-16(8-15-5-4-6-17(22)19(15)26-20)14(3)28-11-25-18-9-23-10-24-21(18)28/h4-11,14H,1-3H3/t14-/m0/s1. The Labute approximate surface area is 172 Å². The maximum absolute atomic E-state index is 6.45. The van der Waals surface area contributed by atoms with Crippen LogP contribution in [0.25, 0.3) is 27.9 Å². The van der Waals surface area contributed by atoms with Gasteiger partial charge in [0.05, 0.1) is 34.8 Å². The fourth-order valence-electron chi connectivity index (χ4n) is 3.71. The molecule has 0 N–H and O–H groups in total. The molecule has 4 aromatic heterocycles. The van der Waals surface area contributed by atoms with Gasteiger partial charge >= 0.3 is 0 Å².